The summed E-state index contributed by atoms with van der Waals surface area (Å²) in [6.07, 6.45) is -0.784. The van der Waals surface area contributed by atoms with E-state index in [2.05, 4.69) is 20.5 Å². The van der Waals surface area contributed by atoms with Gasteiger partial charge in [0.05, 0.1) is 12.3 Å². The Labute approximate surface area is 138 Å². The number of nitrogens with two attached hydrogens (primary N) is 1. The molecule has 1 aromatic heterocycles. The van der Waals surface area contributed by atoms with Crippen LogP contribution in [0.5, 0.6) is 5.75 Å². The highest BCUT2D eigenvalue weighted by atomic mass is 16.6. The molecule has 1 heterocycles. The minimum atomic E-state index is -0.784. The van der Waals surface area contributed by atoms with Crippen molar-refractivity contribution in [3.8, 4) is 5.75 Å². The molecule has 2 rings (SSSR count). The van der Waals surface area contributed by atoms with Crippen LogP contribution >= 0.6 is 0 Å². The number of aromatic hydroxyl groups is 1. The smallest absolute Gasteiger partial charge is 0.412 e. The summed E-state index contributed by atoms with van der Waals surface area (Å²) >= 11 is 0. The Morgan fingerprint density at radius 1 is 1.29 bits per heavy atom. The van der Waals surface area contributed by atoms with Crippen LogP contribution < -0.4 is 11.1 Å². The minimum absolute atomic E-state index is 0.000303. The Morgan fingerprint density at radius 3 is 2.75 bits per heavy atom. The van der Waals surface area contributed by atoms with Gasteiger partial charge in [0.2, 0.25) is 0 Å². The zero-order valence-electron chi connectivity index (χ0n) is 13.0. The lowest BCUT2D eigenvalue weighted by Crippen LogP contribution is -2.17. The van der Waals surface area contributed by atoms with E-state index in [1.54, 1.807) is 12.1 Å². The molecule has 0 bridgehead atoms. The van der Waals surface area contributed by atoms with E-state index >= 15 is 0 Å². The Balaban J connectivity index is 2.08. The van der Waals surface area contributed by atoms with Crippen LogP contribution in [0.2, 0.25) is 0 Å². The fourth-order valence-corrected chi connectivity index (χ4v) is 1.64. The average molecular weight is 331 g/mol. The third-order valence-electron chi connectivity index (χ3n) is 2.78. The van der Waals surface area contributed by atoms with Crippen molar-refractivity contribution in [3.05, 3.63) is 36.4 Å². The molecule has 0 atom stereocenters. The summed E-state index contributed by atoms with van der Waals surface area (Å²) in [5.74, 6) is -0.442. The second-order valence-electron chi connectivity index (χ2n) is 4.55. The normalized spacial score (nSPS) is 10.7. The number of benzene rings is 1. The van der Waals surface area contributed by atoms with Crippen LogP contribution in [-0.2, 0) is 9.47 Å². The van der Waals surface area contributed by atoms with Crippen molar-refractivity contribution in [3.63, 3.8) is 0 Å². The molecule has 0 saturated heterocycles. The first kappa shape index (κ1) is 17.2. The van der Waals surface area contributed by atoms with Gasteiger partial charge in [0.25, 0.3) is 0 Å². The van der Waals surface area contributed by atoms with E-state index in [0.29, 0.717) is 5.69 Å². The summed E-state index contributed by atoms with van der Waals surface area (Å²) in [5, 5.41) is 20.1. The van der Waals surface area contributed by atoms with Gasteiger partial charge in [0, 0.05) is 13.2 Å². The molecule has 0 spiro atoms. The molecule has 1 aromatic carbocycles. The molecule has 4 N–H and O–H groups in total. The number of nitrogens with one attached hydrogen (secondary N) is 1. The van der Waals surface area contributed by atoms with Gasteiger partial charge in [-0.25, -0.2) is 9.78 Å². The van der Waals surface area contributed by atoms with Crippen molar-refractivity contribution in [1.82, 2.24) is 4.98 Å². The summed E-state index contributed by atoms with van der Waals surface area (Å²) < 4.78 is 9.56. The van der Waals surface area contributed by atoms with Crippen LogP contribution in [-0.4, -0.2) is 36.5 Å². The molecule has 1 amide bonds. The molecule has 0 aliphatic carbocycles. The number of carbonyl (C=O) groups is 1. The van der Waals surface area contributed by atoms with Crippen LogP contribution in [0.4, 0.5) is 27.8 Å². The number of anilines is 2. The molecule has 0 fully saturated rings. The Morgan fingerprint density at radius 2 is 2.04 bits per heavy atom. The fourth-order valence-electron chi connectivity index (χ4n) is 1.64. The first-order valence-electron chi connectivity index (χ1n) is 6.99. The number of azo groups is 1. The van der Waals surface area contributed by atoms with E-state index in [-0.39, 0.29) is 36.3 Å². The maximum absolute atomic E-state index is 11.5. The number of ether oxygens (including phenoxy) is 2. The van der Waals surface area contributed by atoms with Crippen LogP contribution in [0, 0.1) is 0 Å². The second-order valence-corrected chi connectivity index (χ2v) is 4.55. The van der Waals surface area contributed by atoms with Crippen LogP contribution in [0.3, 0.4) is 0 Å². The largest absolute Gasteiger partial charge is 0.504 e. The number of aromatic nitrogens is 1. The number of pyridine rings is 1. The van der Waals surface area contributed by atoms with Crippen LogP contribution in [0.15, 0.2) is 46.6 Å². The monoisotopic (exact) mass is 331 g/mol. The zero-order chi connectivity index (χ0) is 17.4. The third kappa shape index (κ3) is 4.92. The van der Waals surface area contributed by atoms with Gasteiger partial charge >= 0.3 is 6.09 Å². The SMILES string of the molecule is COCCOC(=O)Nc1nc(N)c(N=Nc2ccccc2)cc1O. The number of rotatable bonds is 6. The third-order valence-corrected chi connectivity index (χ3v) is 2.78. The first-order chi connectivity index (χ1) is 11.6. The van der Waals surface area contributed by atoms with Gasteiger partial charge in [-0.05, 0) is 12.1 Å². The predicted octanol–water partition coefficient (Wildman–Crippen LogP) is 2.98. The topological polar surface area (TPSA) is 131 Å². The molecule has 0 radical (unpaired) electrons. The van der Waals surface area contributed by atoms with E-state index in [9.17, 15) is 9.90 Å². The Kier molecular flexibility index (Phi) is 6.03. The van der Waals surface area contributed by atoms with Gasteiger partial charge in [0.1, 0.15) is 12.3 Å². The molecule has 9 heteroatoms. The van der Waals surface area contributed by atoms with E-state index in [0.717, 1.165) is 0 Å². The maximum atomic E-state index is 11.5. The fraction of sp³-hybridized carbons (Fsp3) is 0.200. The van der Waals surface area contributed by atoms with Crippen molar-refractivity contribution in [1.29, 1.82) is 0 Å². The van der Waals surface area contributed by atoms with Crippen molar-refractivity contribution in [2.24, 2.45) is 10.2 Å². The number of methoxy groups -OCH3 is 1. The standard InChI is InChI=1S/C15H17N5O4/c1-23-7-8-24-15(22)18-14-12(21)9-11(13(16)17-14)20-19-10-5-3-2-4-6-10/h2-6,9,21H,7-8H2,1H3,(H3,16,17,18,22). The Bertz CT molecular complexity index is 721. The lowest BCUT2D eigenvalue weighted by molar-refractivity contribution is 0.107. The molecular weight excluding hydrogens is 314 g/mol. The number of nitrogens with zero attached hydrogens (tertiary/aromatic N) is 3. The summed E-state index contributed by atoms with van der Waals surface area (Å²) in [6, 6.07) is 10.3. The first-order valence-corrected chi connectivity index (χ1v) is 6.99. The van der Waals surface area contributed by atoms with E-state index < -0.39 is 6.09 Å². The average Bonchev–Trinajstić information content (AvgIpc) is 2.58. The molecule has 0 unspecified atom stereocenters. The van der Waals surface area contributed by atoms with Gasteiger partial charge in [-0.1, -0.05) is 18.2 Å². The van der Waals surface area contributed by atoms with Crippen molar-refractivity contribution < 1.29 is 19.4 Å². The van der Waals surface area contributed by atoms with Gasteiger partial charge in [-0.15, -0.1) is 5.11 Å². The molecule has 126 valence electrons. The molecular formula is C15H17N5O4. The number of carbonyl (C=O) groups excluding carboxylic acids is 1. The lowest BCUT2D eigenvalue weighted by atomic mass is 10.3. The second kappa shape index (κ2) is 8.44. The van der Waals surface area contributed by atoms with Gasteiger partial charge in [0.15, 0.2) is 17.4 Å². The minimum Gasteiger partial charge on any atom is -0.504 e. The van der Waals surface area contributed by atoms with Gasteiger partial charge in [-0.3, -0.25) is 5.32 Å². The highest BCUT2D eigenvalue weighted by Gasteiger charge is 2.12. The van der Waals surface area contributed by atoms with Gasteiger partial charge < -0.3 is 20.3 Å². The predicted molar refractivity (Wildman–Crippen MR) is 87.8 cm³/mol. The number of hydrogen-bond donors (Lipinski definition) is 3. The number of nitrogen functional groups attached to an aromatic ring is 1. The van der Waals surface area contributed by atoms with E-state index in [4.69, 9.17) is 15.2 Å². The summed E-state index contributed by atoms with van der Waals surface area (Å²) in [4.78, 5) is 15.4. The van der Waals surface area contributed by atoms with Crippen molar-refractivity contribution >= 4 is 29.1 Å². The summed E-state index contributed by atoms with van der Waals surface area (Å²) in [6.45, 7) is 0.329. The molecule has 0 aliphatic rings. The molecule has 24 heavy (non-hydrogen) atoms. The number of hydrogen-bond acceptors (Lipinski definition) is 8. The van der Waals surface area contributed by atoms with Crippen molar-refractivity contribution in [2.45, 2.75) is 0 Å². The highest BCUT2D eigenvalue weighted by molar-refractivity contribution is 5.86. The van der Waals surface area contributed by atoms with Crippen LogP contribution in [0.1, 0.15) is 0 Å². The summed E-state index contributed by atoms with van der Waals surface area (Å²) in [7, 11) is 1.48. The highest BCUT2D eigenvalue weighted by Crippen LogP contribution is 2.32. The van der Waals surface area contributed by atoms with Crippen LogP contribution in [0.25, 0.3) is 0 Å². The Hall–Kier alpha value is -3.20. The lowest BCUT2D eigenvalue weighted by Gasteiger charge is -2.09. The molecule has 0 saturated carbocycles. The molecule has 0 aliphatic heterocycles. The maximum Gasteiger partial charge on any atom is 0.412 e. The summed E-state index contributed by atoms with van der Waals surface area (Å²) in [5.41, 5.74) is 6.56. The van der Waals surface area contributed by atoms with Crippen molar-refractivity contribution in [2.75, 3.05) is 31.4 Å². The quantitative estimate of drug-likeness (QED) is 0.551. The molecule has 2 aromatic rings. The molecule has 9 nitrogen and oxygen atoms in total. The van der Waals surface area contributed by atoms with E-state index in [1.807, 2.05) is 18.2 Å². The number of amides is 1. The zero-order valence-corrected chi connectivity index (χ0v) is 13.0. The van der Waals surface area contributed by atoms with E-state index in [1.165, 1.54) is 13.2 Å². The van der Waals surface area contributed by atoms with Gasteiger partial charge in [-0.2, -0.15) is 5.11 Å².